The molecule has 4 heteroatoms. The molecule has 0 radical (unpaired) electrons. The largest absolute Gasteiger partial charge is 0.359 e. The number of pyridine rings is 1. The van der Waals surface area contributed by atoms with Gasteiger partial charge in [0.15, 0.2) is 0 Å². The molecule has 0 unspecified atom stereocenters. The van der Waals surface area contributed by atoms with Crippen LogP contribution in [0.25, 0.3) is 10.8 Å². The molecule has 0 bridgehead atoms. The molecule has 1 heterocycles. The van der Waals surface area contributed by atoms with Crippen molar-refractivity contribution in [2.24, 2.45) is 0 Å². The van der Waals surface area contributed by atoms with Crippen LogP contribution in [0, 0.1) is 0 Å². The van der Waals surface area contributed by atoms with E-state index in [1.54, 1.807) is 13.2 Å². The molecule has 4 nitrogen and oxygen atoms in total. The number of aromatic nitrogens is 1. The van der Waals surface area contributed by atoms with Crippen molar-refractivity contribution in [1.82, 2.24) is 15.6 Å². The zero-order chi connectivity index (χ0) is 12.8. The van der Waals surface area contributed by atoms with E-state index in [-0.39, 0.29) is 5.91 Å². The molecule has 2 rings (SSSR count). The smallest absolute Gasteiger partial charge is 0.221 e. The van der Waals surface area contributed by atoms with Gasteiger partial charge in [-0.15, -0.1) is 0 Å². The van der Waals surface area contributed by atoms with Crippen LogP contribution in [0.1, 0.15) is 12.0 Å². The number of nitrogens with zero attached hydrogens (tertiary/aromatic N) is 1. The van der Waals surface area contributed by atoms with E-state index in [1.165, 1.54) is 10.9 Å². The highest BCUT2D eigenvalue weighted by Gasteiger charge is 2.01. The number of carbonyl (C=O) groups excluding carboxylic acids is 1. The van der Waals surface area contributed by atoms with Crippen LogP contribution < -0.4 is 10.6 Å². The number of carbonyl (C=O) groups is 1. The second kappa shape index (κ2) is 6.12. The summed E-state index contributed by atoms with van der Waals surface area (Å²) in [6.45, 7) is 1.44. The summed E-state index contributed by atoms with van der Waals surface area (Å²) < 4.78 is 0. The number of nitrogens with one attached hydrogen (secondary N) is 2. The maximum Gasteiger partial charge on any atom is 0.221 e. The Bertz CT molecular complexity index is 534. The Morgan fingerprint density at radius 1 is 1.33 bits per heavy atom. The first-order valence-corrected chi connectivity index (χ1v) is 6.04. The summed E-state index contributed by atoms with van der Waals surface area (Å²) in [5.74, 6) is 0.0598. The van der Waals surface area contributed by atoms with E-state index in [1.807, 2.05) is 18.3 Å². The van der Waals surface area contributed by atoms with Gasteiger partial charge in [0, 0.05) is 44.3 Å². The Kier molecular flexibility index (Phi) is 4.25. The van der Waals surface area contributed by atoms with E-state index in [4.69, 9.17) is 0 Å². The van der Waals surface area contributed by atoms with E-state index in [0.29, 0.717) is 13.0 Å². The van der Waals surface area contributed by atoms with Crippen LogP contribution in [0.15, 0.2) is 36.7 Å². The quantitative estimate of drug-likeness (QED) is 0.782. The minimum absolute atomic E-state index is 0.0598. The summed E-state index contributed by atoms with van der Waals surface area (Å²) in [6, 6.07) is 8.19. The van der Waals surface area contributed by atoms with Gasteiger partial charge in [-0.25, -0.2) is 0 Å². The van der Waals surface area contributed by atoms with Crippen molar-refractivity contribution in [3.8, 4) is 0 Å². The van der Waals surface area contributed by atoms with E-state index in [2.05, 4.69) is 27.8 Å². The molecule has 1 aromatic heterocycles. The van der Waals surface area contributed by atoms with Gasteiger partial charge in [0.05, 0.1) is 0 Å². The van der Waals surface area contributed by atoms with E-state index in [9.17, 15) is 4.79 Å². The number of hydrogen-bond donors (Lipinski definition) is 2. The zero-order valence-electron chi connectivity index (χ0n) is 10.4. The molecule has 94 valence electrons. The van der Waals surface area contributed by atoms with Crippen molar-refractivity contribution in [3.63, 3.8) is 0 Å². The molecule has 0 spiro atoms. The lowest BCUT2D eigenvalue weighted by molar-refractivity contribution is -0.120. The minimum atomic E-state index is 0.0598. The van der Waals surface area contributed by atoms with Gasteiger partial charge in [-0.3, -0.25) is 9.78 Å². The van der Waals surface area contributed by atoms with Crippen molar-refractivity contribution >= 4 is 16.7 Å². The number of hydrogen-bond acceptors (Lipinski definition) is 3. The first-order chi connectivity index (χ1) is 8.81. The Morgan fingerprint density at radius 2 is 2.22 bits per heavy atom. The SMILES string of the molecule is CNC(=O)CCNCc1cccc2cnccc12. The van der Waals surface area contributed by atoms with Gasteiger partial charge in [-0.05, 0) is 17.0 Å². The first-order valence-electron chi connectivity index (χ1n) is 6.04. The van der Waals surface area contributed by atoms with Crippen LogP contribution in [0.5, 0.6) is 0 Å². The highest BCUT2D eigenvalue weighted by molar-refractivity contribution is 5.84. The summed E-state index contributed by atoms with van der Waals surface area (Å²) in [5.41, 5.74) is 1.23. The molecular weight excluding hydrogens is 226 g/mol. The van der Waals surface area contributed by atoms with Crippen LogP contribution >= 0.6 is 0 Å². The lowest BCUT2D eigenvalue weighted by Crippen LogP contribution is -2.24. The van der Waals surface area contributed by atoms with Crippen molar-refractivity contribution in [1.29, 1.82) is 0 Å². The highest BCUT2D eigenvalue weighted by Crippen LogP contribution is 2.16. The molecule has 1 amide bonds. The van der Waals surface area contributed by atoms with Crippen molar-refractivity contribution in [3.05, 3.63) is 42.2 Å². The zero-order valence-corrected chi connectivity index (χ0v) is 10.4. The number of amides is 1. The number of fused-ring (bicyclic) bond motifs is 1. The molecule has 2 N–H and O–H groups in total. The fourth-order valence-corrected chi connectivity index (χ4v) is 1.89. The van der Waals surface area contributed by atoms with Gasteiger partial charge >= 0.3 is 0 Å². The van der Waals surface area contributed by atoms with Crippen LogP contribution in [0.4, 0.5) is 0 Å². The highest BCUT2D eigenvalue weighted by atomic mass is 16.1. The van der Waals surface area contributed by atoms with Crippen LogP contribution in [0.2, 0.25) is 0 Å². The van der Waals surface area contributed by atoms with Crippen molar-refractivity contribution < 1.29 is 4.79 Å². The molecule has 0 aliphatic rings. The lowest BCUT2D eigenvalue weighted by atomic mass is 10.1. The second-order valence-corrected chi connectivity index (χ2v) is 4.11. The monoisotopic (exact) mass is 243 g/mol. The molecule has 2 aromatic rings. The summed E-state index contributed by atoms with van der Waals surface area (Å²) >= 11 is 0. The number of benzene rings is 1. The Balaban J connectivity index is 1.97. The van der Waals surface area contributed by atoms with Gasteiger partial charge in [0.1, 0.15) is 0 Å². The van der Waals surface area contributed by atoms with Crippen molar-refractivity contribution in [2.45, 2.75) is 13.0 Å². The maximum absolute atomic E-state index is 11.1. The van der Waals surface area contributed by atoms with Gasteiger partial charge in [0.2, 0.25) is 5.91 Å². The summed E-state index contributed by atoms with van der Waals surface area (Å²) in [7, 11) is 1.65. The number of rotatable bonds is 5. The standard InChI is InChI=1S/C14H17N3O/c1-15-14(18)6-8-17-10-12-4-2-3-11-9-16-7-5-13(11)12/h2-5,7,9,17H,6,8,10H2,1H3,(H,15,18). The van der Waals surface area contributed by atoms with E-state index < -0.39 is 0 Å². The summed E-state index contributed by atoms with van der Waals surface area (Å²) in [6.07, 6.45) is 4.17. The molecule has 1 aromatic carbocycles. The normalized spacial score (nSPS) is 10.5. The van der Waals surface area contributed by atoms with Crippen LogP contribution in [-0.4, -0.2) is 24.5 Å². The summed E-state index contributed by atoms with van der Waals surface area (Å²) in [4.78, 5) is 15.2. The summed E-state index contributed by atoms with van der Waals surface area (Å²) in [5, 5.41) is 8.23. The Labute approximate surface area is 106 Å². The topological polar surface area (TPSA) is 54.0 Å². The third kappa shape index (κ3) is 3.05. The fraction of sp³-hybridized carbons (Fsp3) is 0.286. The average Bonchev–Trinajstić information content (AvgIpc) is 2.43. The molecule has 0 saturated heterocycles. The third-order valence-electron chi connectivity index (χ3n) is 2.89. The molecule has 0 fully saturated rings. The van der Waals surface area contributed by atoms with Gasteiger partial charge in [-0.2, -0.15) is 0 Å². The van der Waals surface area contributed by atoms with Crippen LogP contribution in [-0.2, 0) is 11.3 Å². The third-order valence-corrected chi connectivity index (χ3v) is 2.89. The van der Waals surface area contributed by atoms with Gasteiger partial charge in [-0.1, -0.05) is 18.2 Å². The molecule has 0 aliphatic heterocycles. The lowest BCUT2D eigenvalue weighted by Gasteiger charge is -2.07. The molecule has 0 aliphatic carbocycles. The fourth-order valence-electron chi connectivity index (χ4n) is 1.89. The van der Waals surface area contributed by atoms with Crippen molar-refractivity contribution in [2.75, 3.05) is 13.6 Å². The maximum atomic E-state index is 11.1. The Morgan fingerprint density at radius 3 is 3.06 bits per heavy atom. The predicted molar refractivity (Wildman–Crippen MR) is 72.1 cm³/mol. The molecular formula is C14H17N3O. The molecule has 0 atom stereocenters. The predicted octanol–water partition coefficient (Wildman–Crippen LogP) is 1.46. The van der Waals surface area contributed by atoms with E-state index in [0.717, 1.165) is 11.9 Å². The van der Waals surface area contributed by atoms with E-state index >= 15 is 0 Å². The second-order valence-electron chi connectivity index (χ2n) is 4.11. The Hall–Kier alpha value is -1.94. The van der Waals surface area contributed by atoms with Crippen LogP contribution in [0.3, 0.4) is 0 Å². The molecule has 0 saturated carbocycles. The minimum Gasteiger partial charge on any atom is -0.359 e. The van der Waals surface area contributed by atoms with Gasteiger partial charge in [0.25, 0.3) is 0 Å². The molecule has 18 heavy (non-hydrogen) atoms. The van der Waals surface area contributed by atoms with Gasteiger partial charge < -0.3 is 10.6 Å². The first kappa shape index (κ1) is 12.5. The average molecular weight is 243 g/mol.